The van der Waals surface area contributed by atoms with Crippen molar-refractivity contribution in [3.05, 3.63) is 42.5 Å². The number of unbranched alkanes of at least 4 members (excludes halogenated alkanes) is 1. The fraction of sp³-hybridized carbons (Fsp3) is 0.429. The van der Waals surface area contributed by atoms with Crippen LogP contribution >= 0.6 is 0 Å². The van der Waals surface area contributed by atoms with E-state index in [4.69, 9.17) is 5.73 Å². The summed E-state index contributed by atoms with van der Waals surface area (Å²) < 4.78 is 0. The molecule has 2 N–H and O–H groups in total. The lowest BCUT2D eigenvalue weighted by molar-refractivity contribution is 0.773. The summed E-state index contributed by atoms with van der Waals surface area (Å²) in [6.07, 6.45) is 4.16. The van der Waals surface area contributed by atoms with Crippen LogP contribution in [0.5, 0.6) is 0 Å². The summed E-state index contributed by atoms with van der Waals surface area (Å²) in [7, 11) is 2.12. The molecule has 1 aromatic rings. The molecule has 0 aliphatic rings. The smallest absolute Gasteiger partial charge is 0.0411 e. The number of hydrogen-bond acceptors (Lipinski definition) is 2. The molecule has 88 valence electrons. The van der Waals surface area contributed by atoms with Crippen LogP contribution in [0, 0.1) is 0 Å². The van der Waals surface area contributed by atoms with E-state index in [1.807, 2.05) is 19.1 Å². The van der Waals surface area contributed by atoms with Crippen molar-refractivity contribution < 1.29 is 0 Å². The van der Waals surface area contributed by atoms with E-state index < -0.39 is 0 Å². The summed E-state index contributed by atoms with van der Waals surface area (Å²) in [5.41, 5.74) is 8.41. The van der Waals surface area contributed by atoms with E-state index in [0.29, 0.717) is 0 Å². The third-order valence-corrected chi connectivity index (χ3v) is 2.74. The van der Waals surface area contributed by atoms with Gasteiger partial charge < -0.3 is 10.6 Å². The molecule has 0 amide bonds. The van der Waals surface area contributed by atoms with E-state index in [1.165, 1.54) is 11.3 Å². The molecule has 0 aromatic heterocycles. The summed E-state index contributed by atoms with van der Waals surface area (Å²) in [5.74, 6) is 0. The van der Waals surface area contributed by atoms with Crippen molar-refractivity contribution in [2.45, 2.75) is 25.8 Å². The van der Waals surface area contributed by atoms with Gasteiger partial charge in [-0.15, -0.1) is 6.58 Å². The fourth-order valence-corrected chi connectivity index (χ4v) is 1.81. The molecule has 0 fully saturated rings. The van der Waals surface area contributed by atoms with Gasteiger partial charge in [0.25, 0.3) is 0 Å². The number of benzene rings is 1. The molecule has 0 saturated carbocycles. The Hall–Kier alpha value is -1.28. The second kappa shape index (κ2) is 6.33. The molecule has 1 atom stereocenters. The number of hydrogen-bond donors (Lipinski definition) is 1. The first-order valence-electron chi connectivity index (χ1n) is 5.83. The molecule has 0 heterocycles. The minimum atomic E-state index is 0.0815. The molecule has 0 saturated heterocycles. The summed E-state index contributed by atoms with van der Waals surface area (Å²) in [6.45, 7) is 6.80. The maximum atomic E-state index is 5.96. The van der Waals surface area contributed by atoms with Gasteiger partial charge in [0.1, 0.15) is 0 Å². The zero-order chi connectivity index (χ0) is 12.0. The highest BCUT2D eigenvalue weighted by molar-refractivity contribution is 5.54. The summed E-state index contributed by atoms with van der Waals surface area (Å²) in [6, 6.07) is 8.42. The van der Waals surface area contributed by atoms with E-state index in [1.54, 1.807) is 0 Å². The zero-order valence-corrected chi connectivity index (χ0v) is 10.3. The molecule has 2 heteroatoms. The number of allylic oxidation sites excluding steroid dienone is 1. The van der Waals surface area contributed by atoms with Gasteiger partial charge in [-0.25, -0.2) is 0 Å². The van der Waals surface area contributed by atoms with Crippen molar-refractivity contribution in [2.75, 3.05) is 18.5 Å². The monoisotopic (exact) mass is 218 g/mol. The third-order valence-electron chi connectivity index (χ3n) is 2.74. The number of nitrogens with zero attached hydrogens (tertiary/aromatic N) is 1. The van der Waals surface area contributed by atoms with E-state index in [0.717, 1.165) is 19.4 Å². The molecule has 1 rings (SSSR count). The Bertz CT molecular complexity index is 331. The van der Waals surface area contributed by atoms with Gasteiger partial charge in [0.15, 0.2) is 0 Å². The molecule has 16 heavy (non-hydrogen) atoms. The molecule has 2 nitrogen and oxygen atoms in total. The summed E-state index contributed by atoms with van der Waals surface area (Å²) in [4.78, 5) is 2.27. The zero-order valence-electron chi connectivity index (χ0n) is 10.3. The van der Waals surface area contributed by atoms with Crippen LogP contribution in [0.4, 0.5) is 5.69 Å². The lowest BCUT2D eigenvalue weighted by atomic mass is 10.1. The van der Waals surface area contributed by atoms with Gasteiger partial charge >= 0.3 is 0 Å². The van der Waals surface area contributed by atoms with E-state index >= 15 is 0 Å². The Kier molecular flexibility index (Phi) is 5.06. The van der Waals surface area contributed by atoms with Crippen LogP contribution in [0.25, 0.3) is 0 Å². The van der Waals surface area contributed by atoms with Crippen molar-refractivity contribution in [1.29, 1.82) is 0 Å². The van der Waals surface area contributed by atoms with Gasteiger partial charge in [-0.3, -0.25) is 0 Å². The molecule has 0 bridgehead atoms. The predicted molar refractivity (Wildman–Crippen MR) is 71.7 cm³/mol. The van der Waals surface area contributed by atoms with E-state index in [-0.39, 0.29) is 6.04 Å². The Balaban J connectivity index is 2.73. The Morgan fingerprint density at radius 2 is 2.12 bits per heavy atom. The molecule has 1 aromatic carbocycles. The van der Waals surface area contributed by atoms with Crippen LogP contribution in [0.2, 0.25) is 0 Å². The van der Waals surface area contributed by atoms with Gasteiger partial charge in [-0.2, -0.15) is 0 Å². The van der Waals surface area contributed by atoms with Crippen molar-refractivity contribution in [3.63, 3.8) is 0 Å². The molecule has 1 unspecified atom stereocenters. The lowest BCUT2D eigenvalue weighted by Gasteiger charge is -2.23. The number of para-hydroxylation sites is 1. The van der Waals surface area contributed by atoms with Crippen LogP contribution in [-0.4, -0.2) is 13.6 Å². The van der Waals surface area contributed by atoms with Crippen molar-refractivity contribution in [3.8, 4) is 0 Å². The Morgan fingerprint density at radius 1 is 1.44 bits per heavy atom. The van der Waals surface area contributed by atoms with Gasteiger partial charge in [0.05, 0.1) is 0 Å². The van der Waals surface area contributed by atoms with E-state index in [2.05, 4.69) is 36.7 Å². The standard InChI is InChI=1S/C14H22N2/c1-4-5-8-11-16(3)14-10-7-6-9-13(14)12(2)15/h4,6-7,9-10,12H,1,5,8,11,15H2,2-3H3. The van der Waals surface area contributed by atoms with Crippen molar-refractivity contribution in [2.24, 2.45) is 5.73 Å². The molecule has 0 aliphatic heterocycles. The molecule has 0 aliphatic carbocycles. The maximum Gasteiger partial charge on any atom is 0.0411 e. The SMILES string of the molecule is C=CCCCN(C)c1ccccc1C(C)N. The highest BCUT2D eigenvalue weighted by atomic mass is 15.1. The first-order chi connectivity index (χ1) is 7.66. The Morgan fingerprint density at radius 3 is 2.75 bits per heavy atom. The number of anilines is 1. The molecule has 0 radical (unpaired) electrons. The van der Waals surface area contributed by atoms with Crippen LogP contribution < -0.4 is 10.6 Å². The lowest BCUT2D eigenvalue weighted by Crippen LogP contribution is -2.21. The van der Waals surface area contributed by atoms with E-state index in [9.17, 15) is 0 Å². The van der Waals surface area contributed by atoms with Crippen molar-refractivity contribution >= 4 is 5.69 Å². The highest BCUT2D eigenvalue weighted by Gasteiger charge is 2.09. The van der Waals surface area contributed by atoms with Crippen LogP contribution in [-0.2, 0) is 0 Å². The topological polar surface area (TPSA) is 29.3 Å². The number of rotatable bonds is 6. The van der Waals surface area contributed by atoms with Gasteiger partial charge in [0, 0.05) is 25.3 Å². The molecule has 0 spiro atoms. The van der Waals surface area contributed by atoms with Crippen molar-refractivity contribution in [1.82, 2.24) is 0 Å². The minimum absolute atomic E-state index is 0.0815. The Labute approximate surface area is 98.8 Å². The normalized spacial score (nSPS) is 12.2. The molecular formula is C14H22N2. The van der Waals surface area contributed by atoms with Crippen LogP contribution in [0.3, 0.4) is 0 Å². The van der Waals surface area contributed by atoms with Gasteiger partial charge in [-0.05, 0) is 31.4 Å². The second-order valence-corrected chi connectivity index (χ2v) is 4.20. The number of nitrogens with two attached hydrogens (primary N) is 1. The van der Waals surface area contributed by atoms with Crippen LogP contribution in [0.1, 0.15) is 31.4 Å². The second-order valence-electron chi connectivity index (χ2n) is 4.20. The quantitative estimate of drug-likeness (QED) is 0.587. The first-order valence-corrected chi connectivity index (χ1v) is 5.83. The molecular weight excluding hydrogens is 196 g/mol. The van der Waals surface area contributed by atoms with Gasteiger partial charge in [-0.1, -0.05) is 24.3 Å². The maximum absolute atomic E-state index is 5.96. The summed E-state index contributed by atoms with van der Waals surface area (Å²) in [5, 5.41) is 0. The first kappa shape index (κ1) is 12.8. The third kappa shape index (κ3) is 3.38. The predicted octanol–water partition coefficient (Wildman–Crippen LogP) is 3.11. The highest BCUT2D eigenvalue weighted by Crippen LogP contribution is 2.24. The van der Waals surface area contributed by atoms with Crippen LogP contribution in [0.15, 0.2) is 36.9 Å². The average Bonchev–Trinajstić information content (AvgIpc) is 2.29. The van der Waals surface area contributed by atoms with Gasteiger partial charge in [0.2, 0.25) is 0 Å². The average molecular weight is 218 g/mol. The fourth-order valence-electron chi connectivity index (χ4n) is 1.81. The largest absolute Gasteiger partial charge is 0.374 e. The minimum Gasteiger partial charge on any atom is -0.374 e. The summed E-state index contributed by atoms with van der Waals surface area (Å²) >= 11 is 0.